The predicted octanol–water partition coefficient (Wildman–Crippen LogP) is 2.34. The molecule has 27 heavy (non-hydrogen) atoms. The Balaban J connectivity index is 1.71. The Bertz CT molecular complexity index is 1100. The number of amides is 1. The Hall–Kier alpha value is -2.93. The van der Waals surface area contributed by atoms with E-state index < -0.39 is 0 Å². The molecule has 0 N–H and O–H groups in total. The van der Waals surface area contributed by atoms with Crippen LogP contribution in [-0.4, -0.2) is 38.3 Å². The molecular weight excluding hydrogens is 368 g/mol. The van der Waals surface area contributed by atoms with E-state index in [9.17, 15) is 9.59 Å². The summed E-state index contributed by atoms with van der Waals surface area (Å²) in [5.41, 5.74) is 1.97. The Labute approximate surface area is 160 Å². The SMILES string of the molecule is CCOc1ncccc1C(=O)N1CCc2nc3ccc(Cl)cn3c(=O)c2C1. The second-order valence-electron chi connectivity index (χ2n) is 6.18. The minimum atomic E-state index is -0.215. The average Bonchev–Trinajstić information content (AvgIpc) is 2.69. The highest BCUT2D eigenvalue weighted by Crippen LogP contribution is 2.22. The molecule has 138 valence electrons. The van der Waals surface area contributed by atoms with Gasteiger partial charge in [0.15, 0.2) is 0 Å². The third kappa shape index (κ3) is 3.14. The van der Waals surface area contributed by atoms with Crippen molar-refractivity contribution in [2.24, 2.45) is 0 Å². The number of carbonyl (C=O) groups is 1. The normalized spacial score (nSPS) is 13.5. The van der Waals surface area contributed by atoms with Gasteiger partial charge >= 0.3 is 0 Å². The van der Waals surface area contributed by atoms with Gasteiger partial charge in [-0.05, 0) is 31.2 Å². The highest BCUT2D eigenvalue weighted by atomic mass is 35.5. The zero-order chi connectivity index (χ0) is 19.0. The molecule has 3 aromatic heterocycles. The fourth-order valence-corrected chi connectivity index (χ4v) is 3.38. The second kappa shape index (κ2) is 7.00. The van der Waals surface area contributed by atoms with Gasteiger partial charge in [-0.3, -0.25) is 14.0 Å². The van der Waals surface area contributed by atoms with Crippen molar-refractivity contribution in [1.82, 2.24) is 19.3 Å². The Morgan fingerprint density at radius 3 is 3.00 bits per heavy atom. The van der Waals surface area contributed by atoms with Crippen LogP contribution >= 0.6 is 11.6 Å². The van der Waals surface area contributed by atoms with Crippen LogP contribution in [0.5, 0.6) is 5.88 Å². The van der Waals surface area contributed by atoms with Crippen molar-refractivity contribution in [2.75, 3.05) is 13.2 Å². The molecule has 1 aliphatic heterocycles. The van der Waals surface area contributed by atoms with Crippen LogP contribution in [0.3, 0.4) is 0 Å². The van der Waals surface area contributed by atoms with E-state index >= 15 is 0 Å². The topological polar surface area (TPSA) is 76.8 Å². The Morgan fingerprint density at radius 2 is 2.19 bits per heavy atom. The van der Waals surface area contributed by atoms with E-state index in [1.807, 2.05) is 6.92 Å². The number of rotatable bonds is 3. The summed E-state index contributed by atoms with van der Waals surface area (Å²) in [5, 5.41) is 0.451. The fraction of sp³-hybridized carbons (Fsp3) is 0.263. The van der Waals surface area contributed by atoms with Crippen molar-refractivity contribution in [3.05, 3.63) is 68.9 Å². The zero-order valence-corrected chi connectivity index (χ0v) is 15.4. The number of hydrogen-bond donors (Lipinski definition) is 0. The molecule has 4 heterocycles. The summed E-state index contributed by atoms with van der Waals surface area (Å²) in [6.45, 7) is 2.92. The maximum Gasteiger partial charge on any atom is 0.263 e. The minimum absolute atomic E-state index is 0.190. The largest absolute Gasteiger partial charge is 0.477 e. The molecule has 0 aliphatic carbocycles. The standard InChI is InChI=1S/C19H17ClN4O3/c1-2-27-17-13(4-3-8-21-17)18(25)23-9-7-15-14(11-23)19(26)24-10-12(20)5-6-16(24)22-15/h3-6,8,10H,2,7,9,11H2,1H3. The van der Waals surface area contributed by atoms with Gasteiger partial charge in [0.05, 0.1) is 29.4 Å². The molecule has 0 bridgehead atoms. The summed E-state index contributed by atoms with van der Waals surface area (Å²) in [6, 6.07) is 6.79. The van der Waals surface area contributed by atoms with Gasteiger partial charge in [-0.2, -0.15) is 0 Å². The van der Waals surface area contributed by atoms with Crippen molar-refractivity contribution >= 4 is 23.2 Å². The first-order valence-corrected chi connectivity index (χ1v) is 9.03. The van der Waals surface area contributed by atoms with E-state index in [1.165, 1.54) is 4.40 Å². The summed E-state index contributed by atoms with van der Waals surface area (Å²) >= 11 is 6.01. The molecule has 0 spiro atoms. The summed E-state index contributed by atoms with van der Waals surface area (Å²) in [6.07, 6.45) is 3.64. The first kappa shape index (κ1) is 17.5. The average molecular weight is 385 g/mol. The minimum Gasteiger partial charge on any atom is -0.477 e. The van der Waals surface area contributed by atoms with Crippen LogP contribution in [0.1, 0.15) is 28.5 Å². The maximum atomic E-state index is 13.0. The zero-order valence-electron chi connectivity index (χ0n) is 14.7. The van der Waals surface area contributed by atoms with Gasteiger partial charge in [0.1, 0.15) is 11.2 Å². The van der Waals surface area contributed by atoms with Crippen molar-refractivity contribution < 1.29 is 9.53 Å². The van der Waals surface area contributed by atoms with Gasteiger partial charge in [0.25, 0.3) is 11.5 Å². The first-order valence-electron chi connectivity index (χ1n) is 8.65. The molecule has 3 aromatic rings. The van der Waals surface area contributed by atoms with Crippen molar-refractivity contribution in [1.29, 1.82) is 0 Å². The highest BCUT2D eigenvalue weighted by molar-refractivity contribution is 6.30. The van der Waals surface area contributed by atoms with Gasteiger partial charge in [-0.15, -0.1) is 0 Å². The van der Waals surface area contributed by atoms with Gasteiger partial charge in [0.2, 0.25) is 5.88 Å². The van der Waals surface area contributed by atoms with Crippen LogP contribution in [0, 0.1) is 0 Å². The monoisotopic (exact) mass is 384 g/mol. The molecule has 0 saturated carbocycles. The fourth-order valence-electron chi connectivity index (χ4n) is 3.22. The number of hydrogen-bond acceptors (Lipinski definition) is 5. The lowest BCUT2D eigenvalue weighted by Crippen LogP contribution is -2.40. The van der Waals surface area contributed by atoms with Gasteiger partial charge in [0, 0.05) is 25.4 Å². The number of ether oxygens (including phenoxy) is 1. The maximum absolute atomic E-state index is 13.0. The Morgan fingerprint density at radius 1 is 1.33 bits per heavy atom. The summed E-state index contributed by atoms with van der Waals surface area (Å²) in [5.74, 6) is 0.0868. The molecule has 7 nitrogen and oxygen atoms in total. The smallest absolute Gasteiger partial charge is 0.263 e. The molecule has 1 amide bonds. The van der Waals surface area contributed by atoms with E-state index in [0.717, 1.165) is 5.69 Å². The lowest BCUT2D eigenvalue weighted by molar-refractivity contribution is 0.0727. The third-order valence-corrected chi connectivity index (χ3v) is 4.73. The van der Waals surface area contributed by atoms with Gasteiger partial charge < -0.3 is 9.64 Å². The molecule has 4 rings (SSSR count). The number of pyridine rings is 2. The predicted molar refractivity (Wildman–Crippen MR) is 100 cm³/mol. The quantitative estimate of drug-likeness (QED) is 0.692. The van der Waals surface area contributed by atoms with Gasteiger partial charge in [-0.1, -0.05) is 11.6 Å². The molecule has 0 radical (unpaired) electrons. The van der Waals surface area contributed by atoms with Crippen LogP contribution in [0.4, 0.5) is 0 Å². The first-order chi connectivity index (χ1) is 13.1. The number of nitrogens with zero attached hydrogens (tertiary/aromatic N) is 4. The van der Waals surface area contributed by atoms with E-state index in [0.29, 0.717) is 47.2 Å². The van der Waals surface area contributed by atoms with Crippen LogP contribution in [0.15, 0.2) is 41.5 Å². The number of carbonyl (C=O) groups excluding carboxylic acids is 1. The molecule has 0 aromatic carbocycles. The van der Waals surface area contributed by atoms with E-state index in [-0.39, 0.29) is 18.0 Å². The van der Waals surface area contributed by atoms with Crippen molar-refractivity contribution in [3.8, 4) is 5.88 Å². The highest BCUT2D eigenvalue weighted by Gasteiger charge is 2.27. The van der Waals surface area contributed by atoms with Crippen molar-refractivity contribution in [2.45, 2.75) is 19.9 Å². The van der Waals surface area contributed by atoms with Crippen LogP contribution in [0.2, 0.25) is 5.02 Å². The van der Waals surface area contributed by atoms with E-state index in [4.69, 9.17) is 16.3 Å². The van der Waals surface area contributed by atoms with Crippen LogP contribution in [0.25, 0.3) is 5.65 Å². The summed E-state index contributed by atoms with van der Waals surface area (Å²) in [4.78, 5) is 36.2. The second-order valence-corrected chi connectivity index (χ2v) is 6.62. The Kier molecular flexibility index (Phi) is 4.53. The molecular formula is C19H17ClN4O3. The van der Waals surface area contributed by atoms with Crippen LogP contribution < -0.4 is 10.3 Å². The molecule has 0 unspecified atom stereocenters. The molecule has 1 aliphatic rings. The molecule has 0 fully saturated rings. The number of aromatic nitrogens is 3. The van der Waals surface area contributed by atoms with Crippen molar-refractivity contribution in [3.63, 3.8) is 0 Å². The van der Waals surface area contributed by atoms with Crippen LogP contribution in [-0.2, 0) is 13.0 Å². The number of halogens is 1. The molecule has 0 saturated heterocycles. The molecule has 0 atom stereocenters. The summed E-state index contributed by atoms with van der Waals surface area (Å²) in [7, 11) is 0. The molecule has 8 heteroatoms. The lowest BCUT2D eigenvalue weighted by Gasteiger charge is -2.28. The van der Waals surface area contributed by atoms with Gasteiger partial charge in [-0.25, -0.2) is 9.97 Å². The van der Waals surface area contributed by atoms with E-state index in [2.05, 4.69) is 9.97 Å². The summed E-state index contributed by atoms with van der Waals surface area (Å²) < 4.78 is 6.88. The van der Waals surface area contributed by atoms with E-state index in [1.54, 1.807) is 41.6 Å². The number of fused-ring (bicyclic) bond motifs is 2. The lowest BCUT2D eigenvalue weighted by atomic mass is 10.1. The third-order valence-electron chi connectivity index (χ3n) is 4.50.